The maximum atomic E-state index is 5.54. The van der Waals surface area contributed by atoms with Gasteiger partial charge < -0.3 is 19.9 Å². The standard InChI is InChI=1S/C6H8ClN3.C5H5ClN2O.C4H2BrClN2.C4H5BrN2.C4H4ClN3.C4H3ClN2/c1-10(2)5-3-4-8-6(7)9-5;1-9-4-2-3-7-5(6)8-4;5-3-1-7-4(6)8-2-3;1-7-3-2-6-4(7)5;5-4-7-2-1-3(6)8-4;5-4-6-2-1-3-7-4/h3-4H,1-2H3;2-3H,1H3;1-2H;2-3H,1H3;1-2H,(H2,6,7,8);1-3H. The van der Waals surface area contributed by atoms with Crippen molar-refractivity contribution in [2.24, 2.45) is 7.05 Å². The maximum absolute atomic E-state index is 5.54. The summed E-state index contributed by atoms with van der Waals surface area (Å²) in [6.07, 6.45) is 14.7. The van der Waals surface area contributed by atoms with Crippen molar-refractivity contribution in [1.82, 2.24) is 59.4 Å². The summed E-state index contributed by atoms with van der Waals surface area (Å²) >= 11 is 33.4. The topological polar surface area (TPSA) is 185 Å². The van der Waals surface area contributed by atoms with Gasteiger partial charge >= 0.3 is 0 Å². The summed E-state index contributed by atoms with van der Waals surface area (Å²) in [5.74, 6) is 1.69. The first-order valence-corrected chi connectivity index (χ1v) is 16.4. The highest BCUT2D eigenvalue weighted by molar-refractivity contribution is 9.10. The summed E-state index contributed by atoms with van der Waals surface area (Å²) in [5, 5.41) is 1.24. The van der Waals surface area contributed by atoms with E-state index in [2.05, 4.69) is 86.7 Å². The van der Waals surface area contributed by atoms with Crippen LogP contribution in [-0.2, 0) is 7.05 Å². The molecule has 0 spiro atoms. The second-order valence-electron chi connectivity index (χ2n) is 8.19. The van der Waals surface area contributed by atoms with Crippen LogP contribution in [0.4, 0.5) is 11.6 Å². The fourth-order valence-electron chi connectivity index (χ4n) is 2.28. The van der Waals surface area contributed by atoms with Gasteiger partial charge in [0.25, 0.3) is 0 Å². The van der Waals surface area contributed by atoms with Gasteiger partial charge in [0.05, 0.1) is 11.6 Å². The third kappa shape index (κ3) is 21.9. The molecule has 0 bridgehead atoms. The van der Waals surface area contributed by atoms with Gasteiger partial charge in [-0.05, 0) is 108 Å². The van der Waals surface area contributed by atoms with Gasteiger partial charge in [-0.25, -0.2) is 49.8 Å². The number of halogens is 7. The lowest BCUT2D eigenvalue weighted by Crippen LogP contribution is -2.10. The highest BCUT2D eigenvalue weighted by Gasteiger charge is 1.96. The average Bonchev–Trinajstić information content (AvgIpc) is 3.45. The number of rotatable bonds is 2. The Kier molecular flexibility index (Phi) is 22.5. The SMILES string of the molecule is CN(C)c1ccnc(Cl)n1.COc1ccnc(Cl)n1.Clc1ncc(Br)cn1.Clc1ncccn1.Cn1ccnc1Br.Nc1ccnc(Cl)n1. The predicted octanol–water partition coefficient (Wildman–Crippen LogP) is 7.25. The van der Waals surface area contributed by atoms with Crippen molar-refractivity contribution in [1.29, 1.82) is 0 Å². The van der Waals surface area contributed by atoms with Gasteiger partial charge in [0, 0.05) is 83.0 Å². The molecule has 0 aliphatic heterocycles. The lowest BCUT2D eigenvalue weighted by atomic mass is 10.5. The van der Waals surface area contributed by atoms with Gasteiger partial charge in [-0.1, -0.05) is 0 Å². The van der Waals surface area contributed by atoms with E-state index >= 15 is 0 Å². The molecule has 0 saturated heterocycles. The van der Waals surface area contributed by atoms with Gasteiger partial charge in [-0.2, -0.15) is 4.98 Å². The second kappa shape index (κ2) is 25.4. The molecule has 22 heteroatoms. The molecule has 0 atom stereocenters. The summed E-state index contributed by atoms with van der Waals surface area (Å²) in [6.45, 7) is 0. The molecule has 0 aliphatic rings. The second-order valence-corrected chi connectivity index (χ2v) is 11.5. The number of imidazole rings is 1. The van der Waals surface area contributed by atoms with Crippen LogP contribution in [0.15, 0.2) is 89.2 Å². The normalized spacial score (nSPS) is 9.20. The molecular formula is C27H27Br2Cl5N14O. The number of hydrogen-bond acceptors (Lipinski definition) is 14. The monoisotopic (exact) mass is 896 g/mol. The van der Waals surface area contributed by atoms with Crippen molar-refractivity contribution in [2.75, 3.05) is 31.8 Å². The highest BCUT2D eigenvalue weighted by atomic mass is 79.9. The van der Waals surface area contributed by atoms with Gasteiger partial charge in [0.15, 0.2) is 4.73 Å². The van der Waals surface area contributed by atoms with Gasteiger partial charge in [-0.3, -0.25) is 0 Å². The van der Waals surface area contributed by atoms with E-state index in [4.69, 9.17) is 68.5 Å². The van der Waals surface area contributed by atoms with E-state index in [9.17, 15) is 0 Å². The van der Waals surface area contributed by atoms with Crippen LogP contribution in [0.3, 0.4) is 0 Å². The van der Waals surface area contributed by atoms with E-state index in [1.54, 1.807) is 61.4 Å². The molecule has 2 N–H and O–H groups in total. The number of ether oxygens (including phenoxy) is 1. The van der Waals surface area contributed by atoms with Gasteiger partial charge in [0.1, 0.15) is 11.6 Å². The quantitative estimate of drug-likeness (QED) is 0.171. The van der Waals surface area contributed by atoms with Gasteiger partial charge in [-0.15, -0.1) is 0 Å². The van der Waals surface area contributed by atoms with Crippen LogP contribution >= 0.6 is 89.9 Å². The molecular weight excluding hydrogens is 873 g/mol. The number of nitrogens with two attached hydrogens (primary N) is 1. The molecule has 0 aromatic carbocycles. The molecule has 6 aromatic heterocycles. The number of methoxy groups -OCH3 is 1. The molecule has 15 nitrogen and oxygen atoms in total. The number of nitrogens with zero attached hydrogens (tertiary/aromatic N) is 13. The largest absolute Gasteiger partial charge is 0.481 e. The fourth-order valence-corrected chi connectivity index (χ4v) is 3.37. The number of aryl methyl sites for hydroxylation is 1. The summed E-state index contributed by atoms with van der Waals surface area (Å²) in [5.41, 5.74) is 5.22. The van der Waals surface area contributed by atoms with Crippen LogP contribution < -0.4 is 15.4 Å². The fraction of sp³-hybridized carbons (Fsp3) is 0.148. The Morgan fingerprint density at radius 2 is 1.16 bits per heavy atom. The molecule has 260 valence electrons. The first kappa shape index (κ1) is 43.4. The van der Waals surface area contributed by atoms with Crippen LogP contribution in [0.25, 0.3) is 0 Å². The zero-order chi connectivity index (χ0) is 36.6. The van der Waals surface area contributed by atoms with Crippen LogP contribution in [0, 0.1) is 0 Å². The predicted molar refractivity (Wildman–Crippen MR) is 199 cm³/mol. The number of hydrogen-bond donors (Lipinski definition) is 1. The molecule has 0 amide bonds. The van der Waals surface area contributed by atoms with E-state index < -0.39 is 0 Å². The Hall–Kier alpha value is -3.58. The summed E-state index contributed by atoms with van der Waals surface area (Å²) in [4.78, 5) is 42.7. The average molecular weight is 901 g/mol. The third-order valence-electron chi connectivity index (χ3n) is 4.41. The highest BCUT2D eigenvalue weighted by Crippen LogP contribution is 2.08. The van der Waals surface area contributed by atoms with Crippen molar-refractivity contribution < 1.29 is 4.74 Å². The molecule has 0 fully saturated rings. The van der Waals surface area contributed by atoms with Gasteiger partial charge in [0.2, 0.25) is 32.3 Å². The molecule has 49 heavy (non-hydrogen) atoms. The summed E-state index contributed by atoms with van der Waals surface area (Å²) in [6, 6.07) is 6.72. The van der Waals surface area contributed by atoms with E-state index in [0.717, 1.165) is 15.0 Å². The van der Waals surface area contributed by atoms with E-state index in [1.807, 2.05) is 36.8 Å². The van der Waals surface area contributed by atoms with Crippen molar-refractivity contribution in [3.05, 3.63) is 116 Å². The van der Waals surface area contributed by atoms with Crippen LogP contribution in [0.2, 0.25) is 26.4 Å². The number of aromatic nitrogens is 12. The van der Waals surface area contributed by atoms with E-state index in [1.165, 1.54) is 19.5 Å². The minimum atomic E-state index is 0.185. The molecule has 0 aliphatic carbocycles. The maximum Gasteiger partial charge on any atom is 0.225 e. The lowest BCUT2D eigenvalue weighted by molar-refractivity contribution is 0.397. The minimum absolute atomic E-state index is 0.185. The minimum Gasteiger partial charge on any atom is -0.481 e. The Bertz CT molecular complexity index is 1710. The van der Waals surface area contributed by atoms with E-state index in [-0.39, 0.29) is 21.1 Å². The number of anilines is 2. The van der Waals surface area contributed by atoms with Crippen LogP contribution in [0.5, 0.6) is 5.88 Å². The summed E-state index contributed by atoms with van der Waals surface area (Å²) < 4.78 is 8.35. The zero-order valence-electron chi connectivity index (χ0n) is 26.0. The van der Waals surface area contributed by atoms with Crippen molar-refractivity contribution >= 4 is 102 Å². The number of nitrogen functional groups attached to an aromatic ring is 1. The first-order valence-electron chi connectivity index (χ1n) is 12.9. The van der Waals surface area contributed by atoms with Crippen LogP contribution in [-0.4, -0.2) is 80.6 Å². The van der Waals surface area contributed by atoms with Crippen molar-refractivity contribution in [3.8, 4) is 5.88 Å². The molecule has 0 radical (unpaired) electrons. The van der Waals surface area contributed by atoms with Crippen molar-refractivity contribution in [2.45, 2.75) is 0 Å². The Labute approximate surface area is 324 Å². The van der Waals surface area contributed by atoms with Crippen molar-refractivity contribution in [3.63, 3.8) is 0 Å². The molecule has 6 heterocycles. The van der Waals surface area contributed by atoms with Crippen LogP contribution in [0.1, 0.15) is 0 Å². The molecule has 6 rings (SSSR count). The summed E-state index contributed by atoms with van der Waals surface area (Å²) in [7, 11) is 7.26. The third-order valence-corrected chi connectivity index (χ3v) is 6.52. The lowest BCUT2D eigenvalue weighted by Gasteiger charge is -2.09. The first-order chi connectivity index (χ1) is 23.3. The Balaban J connectivity index is 0.000000295. The van der Waals surface area contributed by atoms with E-state index in [0.29, 0.717) is 17.0 Å². The molecule has 6 aromatic rings. The Morgan fingerprint density at radius 3 is 1.47 bits per heavy atom. The zero-order valence-corrected chi connectivity index (χ0v) is 32.9. The smallest absolute Gasteiger partial charge is 0.225 e. The molecule has 0 saturated carbocycles. The Morgan fingerprint density at radius 1 is 0.653 bits per heavy atom. The molecule has 0 unspecified atom stereocenters.